The molecule has 2 amide bonds. The van der Waals surface area contributed by atoms with Crippen molar-refractivity contribution < 1.29 is 18.7 Å². The second kappa shape index (κ2) is 10.4. The highest BCUT2D eigenvalue weighted by atomic mass is 127. The predicted octanol–water partition coefficient (Wildman–Crippen LogP) is 5.53. The van der Waals surface area contributed by atoms with Crippen LogP contribution in [0.15, 0.2) is 42.5 Å². The van der Waals surface area contributed by atoms with E-state index in [1.807, 2.05) is 58.0 Å². The maximum absolute atomic E-state index is 14.4. The molecule has 0 radical (unpaired) electrons. The van der Waals surface area contributed by atoms with Crippen LogP contribution in [0.3, 0.4) is 0 Å². The molecule has 7 heteroatoms. The highest BCUT2D eigenvalue weighted by Gasteiger charge is 2.35. The van der Waals surface area contributed by atoms with E-state index in [9.17, 15) is 14.0 Å². The largest absolute Gasteiger partial charge is 0.444 e. The molecule has 178 valence electrons. The normalized spacial score (nSPS) is 17.6. The van der Waals surface area contributed by atoms with Gasteiger partial charge in [-0.2, -0.15) is 0 Å². The van der Waals surface area contributed by atoms with Gasteiger partial charge in [0.1, 0.15) is 11.4 Å². The quantitative estimate of drug-likeness (QED) is 0.458. The Morgan fingerprint density at radius 2 is 1.82 bits per heavy atom. The fourth-order valence-electron chi connectivity index (χ4n) is 4.00. The number of hydrogen-bond donors (Lipinski definition) is 0. The molecule has 0 aliphatic carbocycles. The maximum Gasteiger partial charge on any atom is 0.410 e. The third-order valence-electron chi connectivity index (χ3n) is 5.82. The average molecular weight is 566 g/mol. The lowest BCUT2D eigenvalue weighted by Gasteiger charge is -2.41. The minimum atomic E-state index is -0.572. The van der Waals surface area contributed by atoms with E-state index in [1.54, 1.807) is 22.8 Å². The first kappa shape index (κ1) is 25.5. The van der Waals surface area contributed by atoms with Gasteiger partial charge < -0.3 is 14.5 Å². The van der Waals surface area contributed by atoms with E-state index in [2.05, 4.69) is 22.6 Å². The summed E-state index contributed by atoms with van der Waals surface area (Å²) in [5.74, 6) is -0.857. The van der Waals surface area contributed by atoms with Crippen LogP contribution in [0.5, 0.6) is 0 Å². The van der Waals surface area contributed by atoms with Gasteiger partial charge in [0.15, 0.2) is 0 Å². The van der Waals surface area contributed by atoms with Crippen molar-refractivity contribution >= 4 is 34.6 Å². The van der Waals surface area contributed by atoms with Crippen LogP contribution in [0.1, 0.15) is 50.3 Å². The molecule has 2 aromatic carbocycles. The molecule has 0 aromatic heterocycles. The summed E-state index contributed by atoms with van der Waals surface area (Å²) in [4.78, 5) is 29.7. The monoisotopic (exact) mass is 566 g/mol. The first-order valence-electron chi connectivity index (χ1n) is 11.2. The third kappa shape index (κ3) is 6.68. The first-order chi connectivity index (χ1) is 15.4. The van der Waals surface area contributed by atoms with E-state index in [-0.39, 0.29) is 23.9 Å². The smallest absolute Gasteiger partial charge is 0.410 e. The Morgan fingerprint density at radius 1 is 1.15 bits per heavy atom. The number of piperazine rings is 1. The van der Waals surface area contributed by atoms with Crippen LogP contribution >= 0.6 is 22.6 Å². The highest BCUT2D eigenvalue weighted by Crippen LogP contribution is 2.27. The molecule has 2 aromatic rings. The molecule has 0 bridgehead atoms. The summed E-state index contributed by atoms with van der Waals surface area (Å²) >= 11 is 2.25. The Morgan fingerprint density at radius 3 is 2.39 bits per heavy atom. The summed E-state index contributed by atoms with van der Waals surface area (Å²) in [6.45, 7) is 10.4. The molecule has 0 saturated carbocycles. The average Bonchev–Trinajstić information content (AvgIpc) is 2.73. The van der Waals surface area contributed by atoms with Crippen molar-refractivity contribution in [2.24, 2.45) is 0 Å². The lowest BCUT2D eigenvalue weighted by atomic mass is 9.89. The minimum Gasteiger partial charge on any atom is -0.444 e. The molecule has 2 atom stereocenters. The molecular formula is C26H32FIN2O3. The van der Waals surface area contributed by atoms with Crippen LogP contribution in [-0.2, 0) is 16.0 Å². The summed E-state index contributed by atoms with van der Waals surface area (Å²) in [5, 5.41) is 0. The number of ether oxygens (including phenoxy) is 1. The zero-order valence-electron chi connectivity index (χ0n) is 19.9. The zero-order chi connectivity index (χ0) is 24.3. The summed E-state index contributed by atoms with van der Waals surface area (Å²) in [5.41, 5.74) is 1.68. The topological polar surface area (TPSA) is 49.9 Å². The van der Waals surface area contributed by atoms with Gasteiger partial charge in [0, 0.05) is 29.2 Å². The third-order valence-corrected chi connectivity index (χ3v) is 6.54. The van der Waals surface area contributed by atoms with Gasteiger partial charge in [-0.3, -0.25) is 4.79 Å². The number of benzene rings is 2. The Kier molecular flexibility index (Phi) is 8.03. The van der Waals surface area contributed by atoms with Crippen LogP contribution in [0.2, 0.25) is 0 Å². The molecule has 33 heavy (non-hydrogen) atoms. The molecule has 1 aliphatic rings. The van der Waals surface area contributed by atoms with E-state index >= 15 is 0 Å². The number of hydrogen-bond acceptors (Lipinski definition) is 3. The van der Waals surface area contributed by atoms with Gasteiger partial charge in [-0.15, -0.1) is 0 Å². The molecule has 3 rings (SSSR count). The molecule has 5 nitrogen and oxygen atoms in total. The number of rotatable bonds is 4. The van der Waals surface area contributed by atoms with Crippen molar-refractivity contribution in [3.05, 3.63) is 68.5 Å². The van der Waals surface area contributed by atoms with E-state index in [0.29, 0.717) is 37.2 Å². The lowest BCUT2D eigenvalue weighted by molar-refractivity contribution is -0.135. The Balaban J connectivity index is 1.80. The predicted molar refractivity (Wildman–Crippen MR) is 136 cm³/mol. The van der Waals surface area contributed by atoms with Gasteiger partial charge in [0.25, 0.3) is 0 Å². The first-order valence-corrected chi connectivity index (χ1v) is 12.3. The summed E-state index contributed by atoms with van der Waals surface area (Å²) in [6.07, 6.45) is 0.122. The fourth-order valence-corrected chi connectivity index (χ4v) is 4.36. The molecule has 1 aliphatic heterocycles. The molecule has 1 heterocycles. The van der Waals surface area contributed by atoms with E-state index in [4.69, 9.17) is 4.74 Å². The zero-order valence-corrected chi connectivity index (χ0v) is 22.1. The van der Waals surface area contributed by atoms with Crippen LogP contribution in [0.4, 0.5) is 9.18 Å². The van der Waals surface area contributed by atoms with Crippen LogP contribution < -0.4 is 0 Å². The molecule has 0 spiro atoms. The van der Waals surface area contributed by atoms with Gasteiger partial charge in [0.05, 0.1) is 5.92 Å². The summed E-state index contributed by atoms with van der Waals surface area (Å²) in [7, 11) is 0. The summed E-state index contributed by atoms with van der Waals surface area (Å²) < 4.78 is 21.0. The maximum atomic E-state index is 14.4. The Labute approximate surface area is 209 Å². The number of carbonyl (C=O) groups is 2. The van der Waals surface area contributed by atoms with Crippen LogP contribution in [0, 0.1) is 16.3 Å². The van der Waals surface area contributed by atoms with Gasteiger partial charge in [-0.05, 0) is 98.5 Å². The number of nitrogens with zero attached hydrogens (tertiary/aromatic N) is 2. The van der Waals surface area contributed by atoms with Gasteiger partial charge >= 0.3 is 6.09 Å². The number of aryl methyl sites for hydroxylation is 1. The van der Waals surface area contributed by atoms with Crippen molar-refractivity contribution in [3.8, 4) is 0 Å². The van der Waals surface area contributed by atoms with Crippen LogP contribution in [-0.4, -0.2) is 53.1 Å². The Hall–Kier alpha value is -2.16. The van der Waals surface area contributed by atoms with Gasteiger partial charge in [0.2, 0.25) is 5.91 Å². The summed E-state index contributed by atoms with van der Waals surface area (Å²) in [6, 6.07) is 12.9. The molecule has 1 unspecified atom stereocenters. The standard InChI is InChI=1S/C26H32FIN2O3/c1-17-6-9-20(15-23(17)27)22(14-19-7-10-21(28)11-8-19)24(31)29-12-13-30(18(2)16-29)25(32)33-26(3,4)5/h6-11,15,18,22H,12-14,16H2,1-5H3/t18-,22?/m1/s1. The molecule has 1 fully saturated rings. The van der Waals surface area contributed by atoms with Crippen LogP contribution in [0.25, 0.3) is 0 Å². The van der Waals surface area contributed by atoms with Crippen molar-refractivity contribution in [2.45, 2.75) is 58.6 Å². The van der Waals surface area contributed by atoms with Crippen molar-refractivity contribution in [3.63, 3.8) is 0 Å². The highest BCUT2D eigenvalue weighted by molar-refractivity contribution is 14.1. The van der Waals surface area contributed by atoms with Crippen molar-refractivity contribution in [2.75, 3.05) is 19.6 Å². The number of halogens is 2. The SMILES string of the molecule is Cc1ccc(C(Cc2ccc(I)cc2)C(=O)N2CCN(C(=O)OC(C)(C)C)[C@H](C)C2)cc1F. The van der Waals surface area contributed by atoms with E-state index in [0.717, 1.165) is 9.13 Å². The minimum absolute atomic E-state index is 0.0486. The lowest BCUT2D eigenvalue weighted by Crippen LogP contribution is -2.57. The second-order valence-electron chi connectivity index (χ2n) is 9.70. The van der Waals surface area contributed by atoms with Gasteiger partial charge in [-0.1, -0.05) is 24.3 Å². The van der Waals surface area contributed by atoms with E-state index in [1.165, 1.54) is 6.07 Å². The molecule has 0 N–H and O–H groups in total. The molecule has 1 saturated heterocycles. The van der Waals surface area contributed by atoms with E-state index < -0.39 is 11.5 Å². The van der Waals surface area contributed by atoms with Crippen molar-refractivity contribution in [1.82, 2.24) is 9.80 Å². The second-order valence-corrected chi connectivity index (χ2v) is 10.9. The fraction of sp³-hybridized carbons (Fsp3) is 0.462. The molecular weight excluding hydrogens is 534 g/mol. The van der Waals surface area contributed by atoms with Crippen molar-refractivity contribution in [1.29, 1.82) is 0 Å². The Bertz CT molecular complexity index is 1000. The number of amides is 2. The van der Waals surface area contributed by atoms with Gasteiger partial charge in [-0.25, -0.2) is 9.18 Å². The number of carbonyl (C=O) groups excluding carboxylic acids is 2.